The van der Waals surface area contributed by atoms with Crippen LogP contribution < -0.4 is 5.73 Å². The zero-order valence-corrected chi connectivity index (χ0v) is 8.06. The van der Waals surface area contributed by atoms with Gasteiger partial charge in [0, 0.05) is 6.54 Å². The number of hydrogen-bond donors (Lipinski definition) is 1. The lowest BCUT2D eigenvalue weighted by Gasteiger charge is -1.97. The Morgan fingerprint density at radius 1 is 1.57 bits per heavy atom. The maximum atomic E-state index is 5.37. The van der Waals surface area contributed by atoms with Crippen LogP contribution in [0.4, 0.5) is 5.95 Å². The van der Waals surface area contributed by atoms with Gasteiger partial charge in [-0.05, 0) is 25.1 Å². The van der Waals surface area contributed by atoms with E-state index < -0.39 is 0 Å². The molecule has 0 radical (unpaired) electrons. The van der Waals surface area contributed by atoms with E-state index in [1.165, 1.54) is 0 Å². The van der Waals surface area contributed by atoms with Crippen LogP contribution in [0.2, 0.25) is 0 Å². The molecule has 74 valence electrons. The van der Waals surface area contributed by atoms with E-state index >= 15 is 0 Å². The molecule has 0 bridgehead atoms. The molecule has 0 spiro atoms. The molecule has 2 N–H and O–H groups in total. The van der Waals surface area contributed by atoms with Crippen LogP contribution in [0.25, 0.3) is 11.6 Å². The summed E-state index contributed by atoms with van der Waals surface area (Å²) in [6.07, 6.45) is 0. The van der Waals surface area contributed by atoms with Gasteiger partial charge in [-0.25, -0.2) is 0 Å². The van der Waals surface area contributed by atoms with Gasteiger partial charge in [0.05, 0.1) is 5.69 Å². The fourth-order valence-electron chi connectivity index (χ4n) is 1.30. The first-order chi connectivity index (χ1) is 6.70. The smallest absolute Gasteiger partial charge is 0.277 e. The zero-order chi connectivity index (χ0) is 10.1. The van der Waals surface area contributed by atoms with Crippen molar-refractivity contribution in [2.45, 2.75) is 20.4 Å². The molecule has 0 amide bonds. The van der Waals surface area contributed by atoms with Crippen LogP contribution in [0.15, 0.2) is 10.6 Å². The maximum Gasteiger partial charge on any atom is 0.277 e. The second-order valence-electron chi connectivity index (χ2n) is 2.94. The normalized spacial score (nSPS) is 10.7. The highest BCUT2D eigenvalue weighted by Crippen LogP contribution is 2.18. The zero-order valence-electron chi connectivity index (χ0n) is 8.06. The quantitative estimate of drug-likeness (QED) is 0.764. The second-order valence-corrected chi connectivity index (χ2v) is 2.94. The van der Waals surface area contributed by atoms with Crippen molar-refractivity contribution in [2.75, 3.05) is 5.73 Å². The number of nitrogens with two attached hydrogens (primary N) is 1. The Morgan fingerprint density at radius 2 is 2.36 bits per heavy atom. The maximum absolute atomic E-state index is 5.37. The molecule has 2 aromatic heterocycles. The molecule has 0 fully saturated rings. The van der Waals surface area contributed by atoms with Crippen LogP contribution in [-0.2, 0) is 6.54 Å². The molecule has 0 aliphatic rings. The van der Waals surface area contributed by atoms with E-state index in [9.17, 15) is 0 Å². The van der Waals surface area contributed by atoms with E-state index in [4.69, 9.17) is 10.3 Å². The largest absolute Gasteiger partial charge is 0.365 e. The van der Waals surface area contributed by atoms with E-state index in [0.29, 0.717) is 5.89 Å². The molecule has 2 heterocycles. The molecule has 0 saturated carbocycles. The topological polar surface area (TPSA) is 82.8 Å². The summed E-state index contributed by atoms with van der Waals surface area (Å²) in [5.41, 5.74) is 7.08. The molecule has 6 heteroatoms. The summed E-state index contributed by atoms with van der Waals surface area (Å²) in [6.45, 7) is 4.66. The summed E-state index contributed by atoms with van der Waals surface area (Å²) >= 11 is 0. The van der Waals surface area contributed by atoms with Gasteiger partial charge >= 0.3 is 0 Å². The lowest BCUT2D eigenvalue weighted by Crippen LogP contribution is -1.99. The number of aryl methyl sites for hydroxylation is 2. The molecule has 2 aromatic rings. The third kappa shape index (κ3) is 1.34. The summed E-state index contributed by atoms with van der Waals surface area (Å²) in [6, 6.07) is 1.89. The summed E-state index contributed by atoms with van der Waals surface area (Å²) in [5.74, 6) is 0.548. The van der Waals surface area contributed by atoms with Crippen molar-refractivity contribution in [3.8, 4) is 11.6 Å². The van der Waals surface area contributed by atoms with Gasteiger partial charge in [0.1, 0.15) is 5.69 Å². The molecule has 0 aliphatic carbocycles. The first kappa shape index (κ1) is 8.74. The Morgan fingerprint density at radius 3 is 2.93 bits per heavy atom. The minimum Gasteiger partial charge on any atom is -0.365 e. The van der Waals surface area contributed by atoms with Crippen molar-refractivity contribution >= 4 is 5.95 Å². The van der Waals surface area contributed by atoms with Crippen molar-refractivity contribution in [1.82, 2.24) is 19.9 Å². The van der Waals surface area contributed by atoms with Crippen LogP contribution >= 0.6 is 0 Å². The number of anilines is 1. The number of nitrogen functional groups attached to an aromatic ring is 1. The van der Waals surface area contributed by atoms with Crippen molar-refractivity contribution in [3.05, 3.63) is 11.8 Å². The monoisotopic (exact) mass is 193 g/mol. The number of rotatable bonds is 2. The predicted octanol–water partition coefficient (Wildman–Crippen LogP) is 0.844. The van der Waals surface area contributed by atoms with Crippen molar-refractivity contribution in [1.29, 1.82) is 0 Å². The standard InChI is InChI=1S/C8H11N5O/c1-3-13-6(4-5(2)11-13)7-10-8(9)12-14-7/h4H,3H2,1-2H3,(H2,9,12). The average Bonchev–Trinajstić information content (AvgIpc) is 2.71. The van der Waals surface area contributed by atoms with Gasteiger partial charge < -0.3 is 10.3 Å². The Kier molecular flexibility index (Phi) is 1.95. The summed E-state index contributed by atoms with van der Waals surface area (Å²) in [4.78, 5) is 3.94. The Balaban J connectivity index is 2.49. The number of hydrogen-bond acceptors (Lipinski definition) is 5. The second kappa shape index (κ2) is 3.13. The molecule has 0 saturated heterocycles. The Bertz CT molecular complexity index is 444. The molecule has 0 aliphatic heterocycles. The highest BCUT2D eigenvalue weighted by atomic mass is 16.5. The summed E-state index contributed by atoms with van der Waals surface area (Å²) < 4.78 is 6.75. The Labute approximate surface area is 80.7 Å². The fourth-order valence-corrected chi connectivity index (χ4v) is 1.30. The van der Waals surface area contributed by atoms with Crippen LogP contribution in [0.1, 0.15) is 12.6 Å². The van der Waals surface area contributed by atoms with E-state index in [0.717, 1.165) is 17.9 Å². The lowest BCUT2D eigenvalue weighted by molar-refractivity contribution is 0.428. The van der Waals surface area contributed by atoms with Gasteiger partial charge in [-0.15, -0.1) is 0 Å². The fraction of sp³-hybridized carbons (Fsp3) is 0.375. The summed E-state index contributed by atoms with van der Waals surface area (Å²) in [7, 11) is 0. The highest BCUT2D eigenvalue weighted by molar-refractivity contribution is 5.49. The van der Waals surface area contributed by atoms with E-state index in [2.05, 4.69) is 15.2 Å². The molecule has 0 unspecified atom stereocenters. The van der Waals surface area contributed by atoms with Gasteiger partial charge in [0.2, 0.25) is 0 Å². The predicted molar refractivity (Wildman–Crippen MR) is 50.3 cm³/mol. The lowest BCUT2D eigenvalue weighted by atomic mass is 10.3. The minimum absolute atomic E-state index is 0.140. The molecule has 2 rings (SSSR count). The van der Waals surface area contributed by atoms with Gasteiger partial charge in [-0.2, -0.15) is 10.1 Å². The molecule has 6 nitrogen and oxygen atoms in total. The average molecular weight is 193 g/mol. The van der Waals surface area contributed by atoms with E-state index in [-0.39, 0.29) is 5.95 Å². The van der Waals surface area contributed by atoms with E-state index in [1.807, 2.05) is 19.9 Å². The van der Waals surface area contributed by atoms with Crippen LogP contribution in [0.3, 0.4) is 0 Å². The molecule has 0 aromatic carbocycles. The molecular formula is C8H11N5O. The Hall–Kier alpha value is -1.85. The summed E-state index contributed by atoms with van der Waals surface area (Å²) in [5, 5.41) is 7.79. The van der Waals surface area contributed by atoms with Gasteiger partial charge in [0.25, 0.3) is 11.8 Å². The van der Waals surface area contributed by atoms with Crippen LogP contribution in [0, 0.1) is 6.92 Å². The third-order valence-electron chi connectivity index (χ3n) is 1.86. The van der Waals surface area contributed by atoms with Crippen molar-refractivity contribution < 1.29 is 4.52 Å². The molecule has 14 heavy (non-hydrogen) atoms. The SMILES string of the molecule is CCn1nc(C)cc1-c1nc(N)no1. The van der Waals surface area contributed by atoms with Gasteiger partial charge in [0.15, 0.2) is 0 Å². The van der Waals surface area contributed by atoms with Gasteiger partial charge in [-0.1, -0.05) is 0 Å². The first-order valence-corrected chi connectivity index (χ1v) is 4.34. The van der Waals surface area contributed by atoms with E-state index in [1.54, 1.807) is 4.68 Å². The molecular weight excluding hydrogens is 182 g/mol. The minimum atomic E-state index is 0.140. The number of nitrogens with zero attached hydrogens (tertiary/aromatic N) is 4. The number of aromatic nitrogens is 4. The molecule has 0 atom stereocenters. The van der Waals surface area contributed by atoms with Crippen molar-refractivity contribution in [3.63, 3.8) is 0 Å². The third-order valence-corrected chi connectivity index (χ3v) is 1.86. The van der Waals surface area contributed by atoms with Gasteiger partial charge in [-0.3, -0.25) is 4.68 Å². The van der Waals surface area contributed by atoms with Crippen LogP contribution in [0.5, 0.6) is 0 Å². The van der Waals surface area contributed by atoms with Crippen LogP contribution in [-0.4, -0.2) is 19.9 Å². The first-order valence-electron chi connectivity index (χ1n) is 4.34. The highest BCUT2D eigenvalue weighted by Gasteiger charge is 2.12. The van der Waals surface area contributed by atoms with Crippen molar-refractivity contribution in [2.24, 2.45) is 0 Å².